The van der Waals surface area contributed by atoms with Gasteiger partial charge in [0.05, 0.1) is 33.1 Å². The van der Waals surface area contributed by atoms with E-state index in [9.17, 15) is 4.79 Å². The van der Waals surface area contributed by atoms with E-state index in [1.165, 1.54) is 11.3 Å². The van der Waals surface area contributed by atoms with Gasteiger partial charge in [-0.15, -0.1) is 11.3 Å². The summed E-state index contributed by atoms with van der Waals surface area (Å²) in [6.45, 7) is 6.88. The molecule has 1 aliphatic rings. The highest BCUT2D eigenvalue weighted by Gasteiger charge is 2.23. The Bertz CT molecular complexity index is 1110. The molecule has 8 heteroatoms. The molecular weight excluding hydrogens is 450 g/mol. The molecule has 0 radical (unpaired) electrons. The van der Waals surface area contributed by atoms with Crippen molar-refractivity contribution in [1.29, 1.82) is 0 Å². The number of thiazole rings is 1. The van der Waals surface area contributed by atoms with Crippen LogP contribution in [-0.2, 0) is 4.74 Å². The van der Waals surface area contributed by atoms with Crippen molar-refractivity contribution >= 4 is 22.4 Å². The minimum absolute atomic E-state index is 0.0291. The fourth-order valence-electron chi connectivity index (χ4n) is 4.05. The van der Waals surface area contributed by atoms with Gasteiger partial charge in [0.2, 0.25) is 0 Å². The Labute approximate surface area is 204 Å². The number of rotatable bonds is 9. The number of carbonyl (C=O) groups is 1. The van der Waals surface area contributed by atoms with Crippen LogP contribution >= 0.6 is 11.3 Å². The van der Waals surface area contributed by atoms with Gasteiger partial charge in [-0.05, 0) is 43.2 Å². The molecule has 1 aliphatic heterocycles. The maximum atomic E-state index is 13.6. The van der Waals surface area contributed by atoms with Gasteiger partial charge >= 0.3 is 0 Å². The number of aryl methyl sites for hydroxylation is 1. The van der Waals surface area contributed by atoms with Gasteiger partial charge in [-0.3, -0.25) is 14.6 Å². The number of morpholine rings is 1. The van der Waals surface area contributed by atoms with Gasteiger partial charge in [-0.25, -0.2) is 4.98 Å². The Morgan fingerprint density at radius 1 is 1.15 bits per heavy atom. The number of anilines is 1. The maximum Gasteiger partial charge on any atom is 0.260 e. The third-order valence-corrected chi connectivity index (χ3v) is 6.85. The molecule has 0 unspecified atom stereocenters. The Morgan fingerprint density at radius 2 is 1.94 bits per heavy atom. The molecule has 0 aliphatic carbocycles. The second-order valence-electron chi connectivity index (χ2n) is 8.16. The van der Waals surface area contributed by atoms with Crippen LogP contribution in [0.1, 0.15) is 22.3 Å². The average Bonchev–Trinajstić information content (AvgIpc) is 3.36. The molecular formula is C26H31N3O4S. The Hall–Kier alpha value is -2.94. The predicted octanol–water partition coefficient (Wildman–Crippen LogP) is 4.50. The summed E-state index contributed by atoms with van der Waals surface area (Å²) in [4.78, 5) is 22.7. The van der Waals surface area contributed by atoms with Gasteiger partial charge in [0, 0.05) is 42.7 Å². The molecule has 0 saturated carbocycles. The quantitative estimate of drug-likeness (QED) is 0.448. The summed E-state index contributed by atoms with van der Waals surface area (Å²) in [5, 5.41) is 2.64. The first-order valence-electron chi connectivity index (χ1n) is 11.5. The molecule has 180 valence electrons. The second kappa shape index (κ2) is 11.5. The lowest BCUT2D eigenvalue weighted by atomic mass is 10.1. The normalized spacial score (nSPS) is 14.1. The molecule has 0 atom stereocenters. The summed E-state index contributed by atoms with van der Waals surface area (Å²) < 4.78 is 16.4. The smallest absolute Gasteiger partial charge is 0.260 e. The summed E-state index contributed by atoms with van der Waals surface area (Å²) in [6, 6.07) is 13.3. The summed E-state index contributed by atoms with van der Waals surface area (Å²) in [6.07, 6.45) is 0.856. The number of carbonyl (C=O) groups excluding carboxylic acids is 1. The number of benzene rings is 2. The van der Waals surface area contributed by atoms with Crippen molar-refractivity contribution in [2.24, 2.45) is 0 Å². The summed E-state index contributed by atoms with van der Waals surface area (Å²) >= 11 is 1.46. The van der Waals surface area contributed by atoms with Crippen molar-refractivity contribution in [3.63, 3.8) is 0 Å². The van der Waals surface area contributed by atoms with Crippen molar-refractivity contribution in [2.75, 3.05) is 58.5 Å². The zero-order valence-corrected chi connectivity index (χ0v) is 20.8. The first-order chi connectivity index (χ1) is 16.6. The maximum absolute atomic E-state index is 13.6. The highest BCUT2D eigenvalue weighted by Crippen LogP contribution is 2.36. The fraction of sp³-hybridized carbons (Fsp3) is 0.385. The van der Waals surface area contributed by atoms with Crippen LogP contribution in [0.15, 0.2) is 47.8 Å². The number of ether oxygens (including phenoxy) is 3. The first kappa shape index (κ1) is 24.2. The topological polar surface area (TPSA) is 64.1 Å². The fourth-order valence-corrected chi connectivity index (χ4v) is 4.89. The van der Waals surface area contributed by atoms with E-state index in [-0.39, 0.29) is 5.91 Å². The second-order valence-corrected chi connectivity index (χ2v) is 9.00. The van der Waals surface area contributed by atoms with E-state index in [2.05, 4.69) is 4.90 Å². The number of nitrogens with zero attached hydrogens (tertiary/aromatic N) is 3. The molecule has 4 rings (SSSR count). The summed E-state index contributed by atoms with van der Waals surface area (Å²) in [5.41, 5.74) is 3.24. The van der Waals surface area contributed by atoms with Crippen molar-refractivity contribution in [3.8, 4) is 22.8 Å². The zero-order chi connectivity index (χ0) is 23.9. The van der Waals surface area contributed by atoms with Gasteiger partial charge in [0.15, 0.2) is 5.13 Å². The standard InChI is InChI=1S/C26H31N3O4S/c1-19-7-4-5-8-21(19)25(30)29(12-6-11-28-13-15-33-16-14-28)26-27-23(18-34-26)22-17-20(31-2)9-10-24(22)32-3/h4-5,7-10,17-18H,6,11-16H2,1-3H3. The van der Waals surface area contributed by atoms with Crippen molar-refractivity contribution < 1.29 is 19.0 Å². The van der Waals surface area contributed by atoms with Gasteiger partial charge in [0.1, 0.15) is 11.5 Å². The van der Waals surface area contributed by atoms with E-state index in [0.717, 1.165) is 61.8 Å². The number of hydrogen-bond donors (Lipinski definition) is 0. The van der Waals surface area contributed by atoms with E-state index in [1.54, 1.807) is 14.2 Å². The minimum atomic E-state index is -0.0291. The van der Waals surface area contributed by atoms with Crippen LogP contribution in [0.4, 0.5) is 5.13 Å². The molecule has 1 fully saturated rings. The van der Waals surface area contributed by atoms with E-state index in [0.29, 0.717) is 23.0 Å². The van der Waals surface area contributed by atoms with Crippen LogP contribution in [-0.4, -0.2) is 69.4 Å². The number of hydrogen-bond acceptors (Lipinski definition) is 7. The lowest BCUT2D eigenvalue weighted by Gasteiger charge is -2.28. The lowest BCUT2D eigenvalue weighted by Crippen LogP contribution is -2.39. The van der Waals surface area contributed by atoms with Crippen molar-refractivity contribution in [2.45, 2.75) is 13.3 Å². The Morgan fingerprint density at radius 3 is 2.68 bits per heavy atom. The Balaban J connectivity index is 1.60. The molecule has 2 aromatic carbocycles. The summed E-state index contributed by atoms with van der Waals surface area (Å²) in [7, 11) is 3.27. The van der Waals surface area contributed by atoms with Crippen LogP contribution in [0, 0.1) is 6.92 Å². The monoisotopic (exact) mass is 481 g/mol. The van der Waals surface area contributed by atoms with Crippen LogP contribution in [0.25, 0.3) is 11.3 Å². The van der Waals surface area contributed by atoms with Gasteiger partial charge in [0.25, 0.3) is 5.91 Å². The van der Waals surface area contributed by atoms with Crippen LogP contribution in [0.5, 0.6) is 11.5 Å². The zero-order valence-electron chi connectivity index (χ0n) is 20.0. The number of aromatic nitrogens is 1. The largest absolute Gasteiger partial charge is 0.497 e. The molecule has 1 aromatic heterocycles. The molecule has 0 bridgehead atoms. The molecule has 0 spiro atoms. The van der Waals surface area contributed by atoms with Crippen LogP contribution in [0.3, 0.4) is 0 Å². The molecule has 3 aromatic rings. The van der Waals surface area contributed by atoms with Crippen molar-refractivity contribution in [1.82, 2.24) is 9.88 Å². The third kappa shape index (κ3) is 5.58. The van der Waals surface area contributed by atoms with E-state index >= 15 is 0 Å². The molecule has 2 heterocycles. The highest BCUT2D eigenvalue weighted by molar-refractivity contribution is 7.14. The van der Waals surface area contributed by atoms with Crippen molar-refractivity contribution in [3.05, 3.63) is 59.0 Å². The molecule has 1 amide bonds. The SMILES string of the molecule is COc1ccc(OC)c(-c2csc(N(CCCN3CCOCC3)C(=O)c3ccccc3C)n2)c1. The van der Waals surface area contributed by atoms with E-state index in [4.69, 9.17) is 19.2 Å². The van der Waals surface area contributed by atoms with Gasteiger partial charge in [-0.2, -0.15) is 0 Å². The average molecular weight is 482 g/mol. The molecule has 0 N–H and O–H groups in total. The van der Waals surface area contributed by atoms with E-state index in [1.807, 2.05) is 59.7 Å². The van der Waals surface area contributed by atoms with E-state index < -0.39 is 0 Å². The molecule has 34 heavy (non-hydrogen) atoms. The third-order valence-electron chi connectivity index (χ3n) is 5.99. The highest BCUT2D eigenvalue weighted by atomic mass is 32.1. The molecule has 7 nitrogen and oxygen atoms in total. The van der Waals surface area contributed by atoms with Gasteiger partial charge < -0.3 is 14.2 Å². The number of amides is 1. The van der Waals surface area contributed by atoms with Crippen LogP contribution in [0.2, 0.25) is 0 Å². The van der Waals surface area contributed by atoms with Gasteiger partial charge in [-0.1, -0.05) is 18.2 Å². The lowest BCUT2D eigenvalue weighted by molar-refractivity contribution is 0.0376. The predicted molar refractivity (Wildman–Crippen MR) is 135 cm³/mol. The summed E-state index contributed by atoms with van der Waals surface area (Å²) in [5.74, 6) is 1.41. The Kier molecular flexibility index (Phi) is 8.16. The first-order valence-corrected chi connectivity index (χ1v) is 12.3. The molecule has 1 saturated heterocycles. The number of methoxy groups -OCH3 is 2. The van der Waals surface area contributed by atoms with Crippen LogP contribution < -0.4 is 14.4 Å². The minimum Gasteiger partial charge on any atom is -0.497 e.